The molecular weight excluding hydrogens is 567 g/mol. The number of halogens is 4. The first-order chi connectivity index (χ1) is 19.0. The second-order valence-corrected chi connectivity index (χ2v) is 11.5. The summed E-state index contributed by atoms with van der Waals surface area (Å²) in [6.45, 7) is 4.85. The van der Waals surface area contributed by atoms with Crippen molar-refractivity contribution in [1.29, 1.82) is 0 Å². The highest BCUT2D eigenvalue weighted by molar-refractivity contribution is 7.18. The fourth-order valence-electron chi connectivity index (χ4n) is 5.55. The van der Waals surface area contributed by atoms with E-state index in [2.05, 4.69) is 25.5 Å². The lowest BCUT2D eigenvalue weighted by molar-refractivity contribution is -0.137. The van der Waals surface area contributed by atoms with E-state index >= 15 is 0 Å². The molecule has 0 radical (unpaired) electrons. The first kappa shape index (κ1) is 26.9. The van der Waals surface area contributed by atoms with Gasteiger partial charge >= 0.3 is 6.18 Å². The summed E-state index contributed by atoms with van der Waals surface area (Å²) in [5, 5.41) is 6.63. The normalized spacial score (nSPS) is 19.1. The molecule has 2 fully saturated rings. The molecule has 3 aromatic heterocycles. The second kappa shape index (κ2) is 9.96. The van der Waals surface area contributed by atoms with Crippen LogP contribution in [0.5, 0.6) is 0 Å². The maximum Gasteiger partial charge on any atom is 0.416 e. The minimum atomic E-state index is -4.56. The van der Waals surface area contributed by atoms with Crippen LogP contribution in [0.2, 0.25) is 5.02 Å². The fourth-order valence-corrected chi connectivity index (χ4v) is 6.51. The summed E-state index contributed by atoms with van der Waals surface area (Å²) in [4.78, 5) is 43.7. The molecule has 40 heavy (non-hydrogen) atoms. The molecule has 210 valence electrons. The molecule has 1 aromatic carbocycles. The molecule has 0 unspecified atom stereocenters. The van der Waals surface area contributed by atoms with E-state index in [0.717, 1.165) is 42.6 Å². The Balaban J connectivity index is 1.46. The van der Waals surface area contributed by atoms with Crippen LogP contribution >= 0.6 is 22.9 Å². The molecule has 2 N–H and O–H groups in total. The van der Waals surface area contributed by atoms with Crippen LogP contribution < -0.4 is 21.0 Å². The maximum atomic E-state index is 14.0. The number of carbonyl (C=O) groups is 1. The Morgan fingerprint density at radius 2 is 2.05 bits per heavy atom. The number of hydrogen-bond acceptors (Lipinski definition) is 8. The highest BCUT2D eigenvalue weighted by Gasteiger charge is 2.40. The number of fused-ring (bicyclic) bond motifs is 3. The first-order valence-electron chi connectivity index (χ1n) is 12.9. The number of nitrogens with zero attached hydrogens (tertiary/aromatic N) is 5. The van der Waals surface area contributed by atoms with Gasteiger partial charge in [-0.15, -0.1) is 0 Å². The SMILES string of the molecule is CCc1c(N2CCN[C@H]3CC[C@@H]32)c(=O)c2nc3nc(C)sc3nc2n1CC(=O)Nc1ccc(C(F)(F)F)cc1Cl. The summed E-state index contributed by atoms with van der Waals surface area (Å²) in [7, 11) is 0. The standard InChI is InChI=1S/C26H25ClF3N7O2S/c1-3-17-21(36-9-8-31-16-6-7-18(16)36)22(39)20-24(35-25-23(34-20)32-12(2)40-25)37(17)11-19(38)33-15-5-4-13(10-14(15)27)26(28,29)30/h4-5,10,16,18,31H,3,6-9,11H2,1-2H3,(H,33,38)/t16-,18-/m0/s1. The lowest BCUT2D eigenvalue weighted by atomic mass is 9.83. The summed E-state index contributed by atoms with van der Waals surface area (Å²) < 4.78 is 40.9. The van der Waals surface area contributed by atoms with Crippen molar-refractivity contribution in [2.75, 3.05) is 23.3 Å². The predicted octanol–water partition coefficient (Wildman–Crippen LogP) is 4.52. The van der Waals surface area contributed by atoms with Crippen LogP contribution in [0, 0.1) is 6.92 Å². The number of rotatable bonds is 5. The maximum absolute atomic E-state index is 14.0. The fraction of sp³-hybridized carbons (Fsp3) is 0.423. The Morgan fingerprint density at radius 3 is 2.73 bits per heavy atom. The number of benzene rings is 1. The third-order valence-electron chi connectivity index (χ3n) is 7.51. The average Bonchev–Trinajstić information content (AvgIpc) is 3.24. The Labute approximate surface area is 235 Å². The number of amides is 1. The van der Waals surface area contributed by atoms with Gasteiger partial charge in [0.1, 0.15) is 12.2 Å². The molecule has 0 spiro atoms. The van der Waals surface area contributed by atoms with Gasteiger partial charge in [-0.05, 0) is 44.4 Å². The van der Waals surface area contributed by atoms with E-state index in [1.54, 1.807) is 4.57 Å². The Kier molecular flexibility index (Phi) is 6.70. The van der Waals surface area contributed by atoms with E-state index in [-0.39, 0.29) is 39.9 Å². The molecule has 2 aliphatic rings. The molecule has 6 rings (SSSR count). The predicted molar refractivity (Wildman–Crippen MR) is 148 cm³/mol. The number of alkyl halides is 3. The largest absolute Gasteiger partial charge is 0.416 e. The van der Waals surface area contributed by atoms with E-state index < -0.39 is 17.6 Å². The van der Waals surface area contributed by atoms with Crippen molar-refractivity contribution in [3.05, 3.63) is 49.7 Å². The number of anilines is 2. The highest BCUT2D eigenvalue weighted by atomic mass is 35.5. The Hall–Kier alpha value is -3.29. The van der Waals surface area contributed by atoms with Gasteiger partial charge in [0.25, 0.3) is 0 Å². The van der Waals surface area contributed by atoms with Gasteiger partial charge in [0.2, 0.25) is 11.3 Å². The molecule has 1 aliphatic carbocycles. The van der Waals surface area contributed by atoms with Crippen LogP contribution in [0.4, 0.5) is 24.5 Å². The summed E-state index contributed by atoms with van der Waals surface area (Å²) in [6, 6.07) is 3.21. The lowest BCUT2D eigenvalue weighted by Crippen LogP contribution is -2.64. The van der Waals surface area contributed by atoms with Crippen LogP contribution in [0.25, 0.3) is 21.6 Å². The zero-order valence-corrected chi connectivity index (χ0v) is 23.2. The van der Waals surface area contributed by atoms with Crippen molar-refractivity contribution in [2.24, 2.45) is 0 Å². The summed E-state index contributed by atoms with van der Waals surface area (Å²) in [6.07, 6.45) is -2.14. The molecule has 14 heteroatoms. The molecule has 4 aromatic rings. The highest BCUT2D eigenvalue weighted by Crippen LogP contribution is 2.35. The molecule has 0 bridgehead atoms. The molecule has 4 heterocycles. The van der Waals surface area contributed by atoms with E-state index in [0.29, 0.717) is 40.9 Å². The smallest absolute Gasteiger partial charge is 0.361 e. The van der Waals surface area contributed by atoms with Crippen molar-refractivity contribution in [2.45, 2.75) is 57.9 Å². The second-order valence-electron chi connectivity index (χ2n) is 9.96. The van der Waals surface area contributed by atoms with Crippen LogP contribution in [-0.2, 0) is 23.9 Å². The Morgan fingerprint density at radius 1 is 1.25 bits per heavy atom. The van der Waals surface area contributed by atoms with Crippen molar-refractivity contribution in [1.82, 2.24) is 24.8 Å². The molecule has 1 saturated carbocycles. The summed E-state index contributed by atoms with van der Waals surface area (Å²) in [5.41, 5.74) is 0.799. The van der Waals surface area contributed by atoms with E-state index in [4.69, 9.17) is 16.6 Å². The number of aryl methyl sites for hydroxylation is 1. The van der Waals surface area contributed by atoms with Crippen LogP contribution in [0.15, 0.2) is 23.0 Å². The van der Waals surface area contributed by atoms with Gasteiger partial charge < -0.3 is 20.1 Å². The van der Waals surface area contributed by atoms with Crippen LogP contribution in [0.3, 0.4) is 0 Å². The quantitative estimate of drug-likeness (QED) is 0.351. The van der Waals surface area contributed by atoms with Gasteiger partial charge in [-0.3, -0.25) is 9.59 Å². The van der Waals surface area contributed by atoms with Gasteiger partial charge in [-0.1, -0.05) is 29.9 Å². The number of thiazole rings is 1. The number of carbonyl (C=O) groups excluding carboxylic acids is 1. The molecule has 9 nitrogen and oxygen atoms in total. The zero-order valence-electron chi connectivity index (χ0n) is 21.6. The third-order valence-corrected chi connectivity index (χ3v) is 8.68. The van der Waals surface area contributed by atoms with E-state index in [9.17, 15) is 22.8 Å². The van der Waals surface area contributed by atoms with Gasteiger partial charge in [-0.2, -0.15) is 13.2 Å². The molecule has 2 atom stereocenters. The first-order valence-corrected chi connectivity index (χ1v) is 14.1. The minimum Gasteiger partial charge on any atom is -0.361 e. The number of nitrogens with one attached hydrogen (secondary N) is 2. The monoisotopic (exact) mass is 591 g/mol. The molecular formula is C26H25ClF3N7O2S. The zero-order chi connectivity index (χ0) is 28.3. The van der Waals surface area contributed by atoms with Crippen LogP contribution in [-0.4, -0.2) is 50.6 Å². The Bertz CT molecular complexity index is 1720. The van der Waals surface area contributed by atoms with Crippen LogP contribution in [0.1, 0.15) is 36.0 Å². The van der Waals surface area contributed by atoms with Crippen molar-refractivity contribution < 1.29 is 18.0 Å². The van der Waals surface area contributed by atoms with Gasteiger partial charge in [0.15, 0.2) is 21.6 Å². The summed E-state index contributed by atoms with van der Waals surface area (Å²) >= 11 is 7.42. The van der Waals surface area contributed by atoms with E-state index in [1.807, 2.05) is 13.8 Å². The lowest BCUT2D eigenvalue weighted by Gasteiger charge is -2.50. The molecule has 1 saturated heterocycles. The number of aromatic nitrogens is 4. The van der Waals surface area contributed by atoms with E-state index in [1.165, 1.54) is 11.3 Å². The topological polar surface area (TPSA) is 105 Å². The third kappa shape index (κ3) is 4.59. The molecule has 1 aliphatic heterocycles. The van der Waals surface area contributed by atoms with Gasteiger partial charge in [0, 0.05) is 30.9 Å². The minimum absolute atomic E-state index is 0.0502. The van der Waals surface area contributed by atoms with Gasteiger partial charge in [-0.25, -0.2) is 15.0 Å². The number of piperazine rings is 1. The van der Waals surface area contributed by atoms with Crippen molar-refractivity contribution in [3.8, 4) is 0 Å². The summed E-state index contributed by atoms with van der Waals surface area (Å²) in [5.74, 6) is -0.531. The van der Waals surface area contributed by atoms with Crippen molar-refractivity contribution >= 4 is 61.9 Å². The average molecular weight is 592 g/mol. The molecule has 1 amide bonds. The van der Waals surface area contributed by atoms with Crippen molar-refractivity contribution in [3.63, 3.8) is 0 Å². The van der Waals surface area contributed by atoms with Gasteiger partial charge in [0.05, 0.1) is 21.3 Å². The number of hydrogen-bond donors (Lipinski definition) is 2. The number of pyridine rings is 1.